The van der Waals surface area contributed by atoms with Gasteiger partial charge in [0.25, 0.3) is 0 Å². The smallest absolute Gasteiger partial charge is 0.0111 e. The first-order valence-corrected chi connectivity index (χ1v) is 4.43. The summed E-state index contributed by atoms with van der Waals surface area (Å²) in [5, 5.41) is 0. The Morgan fingerprint density at radius 2 is 1.45 bits per heavy atom. The van der Waals surface area contributed by atoms with E-state index in [0.29, 0.717) is 0 Å². The molecule has 0 aliphatic heterocycles. The summed E-state index contributed by atoms with van der Waals surface area (Å²) < 4.78 is 0. The van der Waals surface area contributed by atoms with Gasteiger partial charge in [0.15, 0.2) is 0 Å². The summed E-state index contributed by atoms with van der Waals surface area (Å²) in [6.07, 6.45) is 1.13. The van der Waals surface area contributed by atoms with Crippen molar-refractivity contribution < 1.29 is 0 Å². The maximum absolute atomic E-state index is 2.18. The highest BCUT2D eigenvalue weighted by Gasteiger charge is 1.96. The van der Waals surface area contributed by atoms with Gasteiger partial charge in [-0.2, -0.15) is 0 Å². The Balaban J connectivity index is 0. The summed E-state index contributed by atoms with van der Waals surface area (Å²) in [4.78, 5) is 2.18. The van der Waals surface area contributed by atoms with Crippen LogP contribution in [0, 0.1) is 0 Å². The Hall–Kier alpha value is -0.460. The number of nitrogens with zero attached hydrogens (tertiary/aromatic N) is 1. The number of hydrogen-bond acceptors (Lipinski definition) is 1. The lowest BCUT2D eigenvalue weighted by atomic mass is 10.2. The highest BCUT2D eigenvalue weighted by atomic mass is 15.1. The third kappa shape index (κ3) is 5.96. The minimum Gasteiger partial charge on any atom is -0.381 e. The molecule has 0 saturated carbocycles. The van der Waals surface area contributed by atoms with E-state index in [2.05, 4.69) is 39.8 Å². The van der Waals surface area contributed by atoms with Gasteiger partial charge in [-0.1, -0.05) is 26.3 Å². The van der Waals surface area contributed by atoms with Gasteiger partial charge < -0.3 is 4.90 Å². The van der Waals surface area contributed by atoms with Gasteiger partial charge in [0.1, 0.15) is 0 Å². The molecule has 0 aromatic heterocycles. The second kappa shape index (κ2) is 7.64. The summed E-state index contributed by atoms with van der Waals surface area (Å²) in [5.41, 5.74) is 2.86. The van der Waals surface area contributed by atoms with Crippen LogP contribution >= 0.6 is 0 Å². The zero-order valence-electron chi connectivity index (χ0n) is 9.15. The summed E-state index contributed by atoms with van der Waals surface area (Å²) in [5.74, 6) is 0. The average Bonchev–Trinajstić information content (AvgIpc) is 1.91. The Labute approximate surface area is 72.1 Å². The molecule has 0 N–H and O–H groups in total. The van der Waals surface area contributed by atoms with E-state index in [1.807, 2.05) is 13.8 Å². The zero-order valence-corrected chi connectivity index (χ0v) is 9.15. The van der Waals surface area contributed by atoms with Crippen LogP contribution in [0.4, 0.5) is 0 Å². The van der Waals surface area contributed by atoms with Crippen molar-refractivity contribution in [3.05, 3.63) is 11.3 Å². The fourth-order valence-electron chi connectivity index (χ4n) is 1.12. The molecule has 0 amide bonds. The van der Waals surface area contributed by atoms with Gasteiger partial charge in [0.05, 0.1) is 0 Å². The summed E-state index contributed by atoms with van der Waals surface area (Å²) in [6.45, 7) is 10.5. The van der Waals surface area contributed by atoms with Crippen molar-refractivity contribution in [2.75, 3.05) is 14.1 Å². The minimum atomic E-state index is 1.13. The molecule has 11 heavy (non-hydrogen) atoms. The molecule has 0 radical (unpaired) electrons. The van der Waals surface area contributed by atoms with E-state index in [4.69, 9.17) is 0 Å². The van der Waals surface area contributed by atoms with Gasteiger partial charge in [0.2, 0.25) is 0 Å². The van der Waals surface area contributed by atoms with Crippen molar-refractivity contribution in [3.63, 3.8) is 0 Å². The third-order valence-corrected chi connectivity index (χ3v) is 1.45. The lowest BCUT2D eigenvalue weighted by Gasteiger charge is -2.17. The molecule has 0 aliphatic rings. The van der Waals surface area contributed by atoms with Crippen LogP contribution in [-0.2, 0) is 0 Å². The first-order chi connectivity index (χ1) is 5.09. The van der Waals surface area contributed by atoms with E-state index in [-0.39, 0.29) is 0 Å². The largest absolute Gasteiger partial charge is 0.381 e. The molecular weight excluding hydrogens is 134 g/mol. The van der Waals surface area contributed by atoms with Crippen LogP contribution in [0.1, 0.15) is 41.0 Å². The molecule has 0 unspecified atom stereocenters. The molecule has 0 aliphatic carbocycles. The Morgan fingerprint density at radius 3 is 1.45 bits per heavy atom. The quantitative estimate of drug-likeness (QED) is 0.594. The maximum atomic E-state index is 2.18. The van der Waals surface area contributed by atoms with Crippen LogP contribution in [-0.4, -0.2) is 19.0 Å². The van der Waals surface area contributed by atoms with E-state index < -0.39 is 0 Å². The van der Waals surface area contributed by atoms with Crippen LogP contribution in [0.2, 0.25) is 0 Å². The molecule has 1 nitrogen and oxygen atoms in total. The molecule has 0 rings (SSSR count). The second-order valence-corrected chi connectivity index (χ2v) is 2.69. The fraction of sp³-hybridized carbons (Fsp3) is 0.800. The van der Waals surface area contributed by atoms with Crippen LogP contribution in [0.15, 0.2) is 11.3 Å². The minimum absolute atomic E-state index is 1.13. The summed E-state index contributed by atoms with van der Waals surface area (Å²) >= 11 is 0. The molecule has 0 fully saturated rings. The van der Waals surface area contributed by atoms with Crippen molar-refractivity contribution in [1.82, 2.24) is 4.90 Å². The number of rotatable bonds is 2. The SMILES string of the molecule is CC.CCC(=C(C)C)N(C)C. The second-order valence-electron chi connectivity index (χ2n) is 2.69. The molecule has 68 valence electrons. The highest BCUT2D eigenvalue weighted by molar-refractivity contribution is 5.06. The van der Waals surface area contributed by atoms with Crippen LogP contribution < -0.4 is 0 Å². The highest BCUT2D eigenvalue weighted by Crippen LogP contribution is 2.08. The average molecular weight is 157 g/mol. The molecule has 1 heteroatoms. The molecule has 0 aromatic rings. The molecule has 0 saturated heterocycles. The predicted octanol–water partition coefficient (Wildman–Crippen LogP) is 3.28. The fourth-order valence-corrected chi connectivity index (χ4v) is 1.12. The van der Waals surface area contributed by atoms with Crippen LogP contribution in [0.3, 0.4) is 0 Å². The number of allylic oxidation sites excluding steroid dienone is 2. The zero-order chi connectivity index (χ0) is 9.44. The predicted molar refractivity (Wildman–Crippen MR) is 53.7 cm³/mol. The Morgan fingerprint density at radius 1 is 1.09 bits per heavy atom. The van der Waals surface area contributed by atoms with E-state index in [1.165, 1.54) is 11.3 Å². The normalized spacial score (nSPS) is 7.91. The summed E-state index contributed by atoms with van der Waals surface area (Å²) in [7, 11) is 4.18. The summed E-state index contributed by atoms with van der Waals surface area (Å²) in [6, 6.07) is 0. The topological polar surface area (TPSA) is 3.24 Å². The molecule has 0 aromatic carbocycles. The van der Waals surface area contributed by atoms with E-state index in [0.717, 1.165) is 6.42 Å². The van der Waals surface area contributed by atoms with Crippen molar-refractivity contribution in [1.29, 1.82) is 0 Å². The van der Waals surface area contributed by atoms with Gasteiger partial charge in [-0.3, -0.25) is 0 Å². The number of hydrogen-bond donors (Lipinski definition) is 0. The van der Waals surface area contributed by atoms with Gasteiger partial charge in [-0.15, -0.1) is 0 Å². The monoisotopic (exact) mass is 157 g/mol. The van der Waals surface area contributed by atoms with Gasteiger partial charge in [0, 0.05) is 19.8 Å². The van der Waals surface area contributed by atoms with Crippen molar-refractivity contribution in [2.24, 2.45) is 0 Å². The Bertz CT molecular complexity index is 108. The molecule has 0 spiro atoms. The van der Waals surface area contributed by atoms with Gasteiger partial charge in [-0.25, -0.2) is 0 Å². The standard InChI is InChI=1S/C8H17N.C2H6/c1-6-8(7(2)3)9(4)5;1-2/h6H2,1-5H3;1-2H3. The van der Waals surface area contributed by atoms with E-state index in [1.54, 1.807) is 0 Å². The van der Waals surface area contributed by atoms with E-state index >= 15 is 0 Å². The third-order valence-electron chi connectivity index (χ3n) is 1.45. The van der Waals surface area contributed by atoms with Crippen molar-refractivity contribution in [3.8, 4) is 0 Å². The van der Waals surface area contributed by atoms with Gasteiger partial charge in [-0.05, 0) is 20.3 Å². The molecule has 0 heterocycles. The molecule has 0 atom stereocenters. The van der Waals surface area contributed by atoms with Crippen LogP contribution in [0.5, 0.6) is 0 Å². The van der Waals surface area contributed by atoms with Crippen LogP contribution in [0.25, 0.3) is 0 Å². The first kappa shape index (κ1) is 13.2. The molecular formula is C10H23N. The lowest BCUT2D eigenvalue weighted by Crippen LogP contribution is -2.11. The van der Waals surface area contributed by atoms with Crippen molar-refractivity contribution in [2.45, 2.75) is 41.0 Å². The first-order valence-electron chi connectivity index (χ1n) is 4.43. The van der Waals surface area contributed by atoms with Gasteiger partial charge >= 0.3 is 0 Å². The van der Waals surface area contributed by atoms with E-state index in [9.17, 15) is 0 Å². The molecule has 0 bridgehead atoms. The lowest BCUT2D eigenvalue weighted by molar-refractivity contribution is 0.487. The Kier molecular flexibility index (Phi) is 9.14. The maximum Gasteiger partial charge on any atom is 0.0111 e. The van der Waals surface area contributed by atoms with Crippen molar-refractivity contribution >= 4 is 0 Å².